The van der Waals surface area contributed by atoms with Crippen LogP contribution in [-0.4, -0.2) is 25.7 Å². The molecule has 0 bridgehead atoms. The van der Waals surface area contributed by atoms with Gasteiger partial charge in [-0.15, -0.1) is 0 Å². The Balaban J connectivity index is 2.23. The van der Waals surface area contributed by atoms with Gasteiger partial charge in [0.05, 0.1) is 5.71 Å². The fourth-order valence-electron chi connectivity index (χ4n) is 2.05. The van der Waals surface area contributed by atoms with E-state index in [0.29, 0.717) is 18.1 Å². The number of hydrogen-bond donors (Lipinski definition) is 1. The molecule has 0 saturated carbocycles. The molecule has 0 radical (unpaired) electrons. The topological polar surface area (TPSA) is 72.5 Å². The number of aromatic nitrogens is 3. The van der Waals surface area contributed by atoms with Crippen LogP contribution in [0.5, 0.6) is 5.75 Å². The molecule has 1 aromatic carbocycles. The van der Waals surface area contributed by atoms with Crippen molar-refractivity contribution in [1.82, 2.24) is 14.8 Å². The van der Waals surface area contributed by atoms with Crippen LogP contribution in [0.15, 0.2) is 29.7 Å². The third-order valence-electron chi connectivity index (χ3n) is 3.17. The van der Waals surface area contributed by atoms with E-state index in [1.807, 2.05) is 43.7 Å². The van der Waals surface area contributed by atoms with Gasteiger partial charge >= 0.3 is 0 Å². The number of ether oxygens (including phenoxy) is 1. The number of nitrogens with zero attached hydrogens (tertiary/aromatic N) is 4. The minimum atomic E-state index is 0.226. The first-order valence-electron chi connectivity index (χ1n) is 6.83. The van der Waals surface area contributed by atoms with Crippen molar-refractivity contribution in [3.8, 4) is 5.75 Å². The van der Waals surface area contributed by atoms with Crippen LogP contribution in [0.25, 0.3) is 0 Å². The maximum atomic E-state index is 8.96. The van der Waals surface area contributed by atoms with Gasteiger partial charge < -0.3 is 9.94 Å². The Morgan fingerprint density at radius 3 is 2.86 bits per heavy atom. The van der Waals surface area contributed by atoms with Gasteiger partial charge in [-0.05, 0) is 45.4 Å². The zero-order valence-corrected chi connectivity index (χ0v) is 12.7. The molecule has 1 N–H and O–H groups in total. The number of benzene rings is 1. The molecule has 0 aliphatic carbocycles. The summed E-state index contributed by atoms with van der Waals surface area (Å²) in [6.45, 7) is 8.11. The Bertz CT molecular complexity index is 647. The van der Waals surface area contributed by atoms with Crippen molar-refractivity contribution in [2.45, 2.75) is 40.3 Å². The SMILES string of the molecule is CC(=NO)c1ccc(C)cc1OCc1ncnn1C(C)C. The van der Waals surface area contributed by atoms with Crippen LogP contribution in [0.2, 0.25) is 0 Å². The van der Waals surface area contributed by atoms with Gasteiger partial charge in [0.1, 0.15) is 18.7 Å². The summed E-state index contributed by atoms with van der Waals surface area (Å²) in [5, 5.41) is 16.4. The van der Waals surface area contributed by atoms with Gasteiger partial charge in [0, 0.05) is 11.6 Å². The molecule has 0 unspecified atom stereocenters. The molecule has 6 nitrogen and oxygen atoms in total. The molecule has 0 aliphatic rings. The standard InChI is InChI=1S/C15H20N4O2/c1-10(2)19-15(16-9-17-19)8-21-14-7-11(3)5-6-13(14)12(4)18-20/h5-7,9-10,20H,8H2,1-4H3. The zero-order chi connectivity index (χ0) is 15.4. The maximum Gasteiger partial charge on any atom is 0.165 e. The predicted octanol–water partition coefficient (Wildman–Crippen LogP) is 2.94. The largest absolute Gasteiger partial charge is 0.485 e. The molecule has 2 aromatic rings. The molecular weight excluding hydrogens is 268 g/mol. The lowest BCUT2D eigenvalue weighted by atomic mass is 10.1. The van der Waals surface area contributed by atoms with E-state index in [0.717, 1.165) is 17.0 Å². The van der Waals surface area contributed by atoms with Crippen LogP contribution in [0.1, 0.15) is 43.8 Å². The average Bonchev–Trinajstić information content (AvgIpc) is 2.93. The smallest absolute Gasteiger partial charge is 0.165 e. The Kier molecular flexibility index (Phi) is 4.57. The van der Waals surface area contributed by atoms with Crippen molar-refractivity contribution in [2.75, 3.05) is 0 Å². The predicted molar refractivity (Wildman–Crippen MR) is 79.9 cm³/mol. The van der Waals surface area contributed by atoms with E-state index >= 15 is 0 Å². The summed E-state index contributed by atoms with van der Waals surface area (Å²) in [5.41, 5.74) is 2.35. The van der Waals surface area contributed by atoms with E-state index in [1.54, 1.807) is 6.92 Å². The van der Waals surface area contributed by atoms with Crippen LogP contribution in [-0.2, 0) is 6.61 Å². The molecule has 21 heavy (non-hydrogen) atoms. The van der Waals surface area contributed by atoms with Crippen molar-refractivity contribution in [2.24, 2.45) is 5.16 Å². The highest BCUT2D eigenvalue weighted by molar-refractivity contribution is 6.00. The lowest BCUT2D eigenvalue weighted by Crippen LogP contribution is -2.11. The van der Waals surface area contributed by atoms with Crippen LogP contribution in [0, 0.1) is 6.92 Å². The molecule has 0 aliphatic heterocycles. The minimum absolute atomic E-state index is 0.226. The highest BCUT2D eigenvalue weighted by atomic mass is 16.5. The van der Waals surface area contributed by atoms with E-state index in [9.17, 15) is 0 Å². The van der Waals surface area contributed by atoms with Crippen LogP contribution in [0.4, 0.5) is 0 Å². The van der Waals surface area contributed by atoms with E-state index in [1.165, 1.54) is 6.33 Å². The second-order valence-electron chi connectivity index (χ2n) is 5.19. The molecule has 0 spiro atoms. The summed E-state index contributed by atoms with van der Waals surface area (Å²) >= 11 is 0. The zero-order valence-electron chi connectivity index (χ0n) is 12.7. The highest BCUT2D eigenvalue weighted by Gasteiger charge is 2.12. The fraction of sp³-hybridized carbons (Fsp3) is 0.400. The first-order chi connectivity index (χ1) is 10.0. The summed E-state index contributed by atoms with van der Waals surface area (Å²) < 4.78 is 7.68. The first kappa shape index (κ1) is 15.0. The van der Waals surface area contributed by atoms with Crippen molar-refractivity contribution in [3.63, 3.8) is 0 Å². The van der Waals surface area contributed by atoms with Gasteiger partial charge in [-0.1, -0.05) is 11.2 Å². The van der Waals surface area contributed by atoms with Crippen LogP contribution in [0.3, 0.4) is 0 Å². The lowest BCUT2D eigenvalue weighted by Gasteiger charge is -2.13. The molecule has 0 atom stereocenters. The van der Waals surface area contributed by atoms with Gasteiger partial charge in [-0.2, -0.15) is 5.10 Å². The van der Waals surface area contributed by atoms with E-state index in [2.05, 4.69) is 15.2 Å². The van der Waals surface area contributed by atoms with Gasteiger partial charge in [0.2, 0.25) is 0 Å². The molecule has 2 rings (SSSR count). The molecule has 1 aromatic heterocycles. The number of rotatable bonds is 5. The minimum Gasteiger partial charge on any atom is -0.485 e. The normalized spacial score (nSPS) is 12.0. The Hall–Kier alpha value is -2.37. The summed E-state index contributed by atoms with van der Waals surface area (Å²) in [4.78, 5) is 4.22. The molecule has 1 heterocycles. The third kappa shape index (κ3) is 3.39. The summed E-state index contributed by atoms with van der Waals surface area (Å²) in [7, 11) is 0. The number of hydrogen-bond acceptors (Lipinski definition) is 5. The average molecular weight is 288 g/mol. The second kappa shape index (κ2) is 6.39. The van der Waals surface area contributed by atoms with Crippen LogP contribution < -0.4 is 4.74 Å². The molecular formula is C15H20N4O2. The molecule has 6 heteroatoms. The third-order valence-corrected chi connectivity index (χ3v) is 3.17. The van der Waals surface area contributed by atoms with E-state index in [4.69, 9.17) is 9.94 Å². The second-order valence-corrected chi connectivity index (χ2v) is 5.19. The quantitative estimate of drug-likeness (QED) is 0.521. The summed E-state index contributed by atoms with van der Waals surface area (Å²) in [5.74, 6) is 1.43. The fourth-order valence-corrected chi connectivity index (χ4v) is 2.05. The summed E-state index contributed by atoms with van der Waals surface area (Å²) in [6, 6.07) is 5.98. The number of oxime groups is 1. The first-order valence-corrected chi connectivity index (χ1v) is 6.83. The van der Waals surface area contributed by atoms with Crippen molar-refractivity contribution in [3.05, 3.63) is 41.5 Å². The Morgan fingerprint density at radius 2 is 2.19 bits per heavy atom. The molecule has 0 amide bonds. The van der Waals surface area contributed by atoms with Gasteiger partial charge in [-0.25, -0.2) is 9.67 Å². The Morgan fingerprint density at radius 1 is 1.43 bits per heavy atom. The lowest BCUT2D eigenvalue weighted by molar-refractivity contribution is 0.281. The number of aryl methyl sites for hydroxylation is 1. The highest BCUT2D eigenvalue weighted by Crippen LogP contribution is 2.22. The monoisotopic (exact) mass is 288 g/mol. The maximum absolute atomic E-state index is 8.96. The summed E-state index contributed by atoms with van der Waals surface area (Å²) in [6.07, 6.45) is 1.52. The Labute approximate surface area is 124 Å². The molecule has 0 fully saturated rings. The van der Waals surface area contributed by atoms with Crippen molar-refractivity contribution < 1.29 is 9.94 Å². The van der Waals surface area contributed by atoms with Gasteiger partial charge in [0.15, 0.2) is 5.82 Å². The molecule has 112 valence electrons. The van der Waals surface area contributed by atoms with Gasteiger partial charge in [0.25, 0.3) is 0 Å². The van der Waals surface area contributed by atoms with E-state index in [-0.39, 0.29) is 6.04 Å². The molecule has 0 saturated heterocycles. The van der Waals surface area contributed by atoms with Crippen LogP contribution >= 0.6 is 0 Å². The van der Waals surface area contributed by atoms with Crippen molar-refractivity contribution >= 4 is 5.71 Å². The van der Waals surface area contributed by atoms with E-state index < -0.39 is 0 Å². The van der Waals surface area contributed by atoms with Gasteiger partial charge in [-0.3, -0.25) is 0 Å². The van der Waals surface area contributed by atoms with Crippen molar-refractivity contribution in [1.29, 1.82) is 0 Å².